The standard InChI is InChI=1S/C75H58/c1-73(2)67-41-50(52-28-34-63-65-36-30-54(45-71(65)74(3,4)69(63)43-52)58-39-56(47-18-10-7-11-19-47)38-57(40-58)48-20-12-8-13-21-48)26-32-61(67)62-33-27-51(42-68(62)73)53-29-35-64-66-37-31-55(46-72(66)75(5,6)70(64)44-53)60-25-17-16-24-59(60)49-22-14-9-15-23-49/h7-46H,1-6H3. The topological polar surface area (TPSA) is 0 Å². The largest absolute Gasteiger partial charge is 0.0622 e. The van der Waals surface area contributed by atoms with Crippen molar-refractivity contribution in [1.82, 2.24) is 0 Å². The molecule has 11 aromatic carbocycles. The lowest BCUT2D eigenvalue weighted by Crippen LogP contribution is -2.16. The molecule has 0 saturated heterocycles. The van der Waals surface area contributed by atoms with Gasteiger partial charge in [0.05, 0.1) is 0 Å². The zero-order valence-corrected chi connectivity index (χ0v) is 43.6. The normalized spacial score (nSPS) is 14.6. The van der Waals surface area contributed by atoms with Crippen LogP contribution in [0.3, 0.4) is 0 Å². The van der Waals surface area contributed by atoms with E-state index in [9.17, 15) is 0 Å². The first-order valence-corrected chi connectivity index (χ1v) is 26.7. The molecule has 358 valence electrons. The molecule has 0 spiro atoms. The van der Waals surface area contributed by atoms with Crippen molar-refractivity contribution in [3.8, 4) is 111 Å². The van der Waals surface area contributed by atoms with Gasteiger partial charge in [0.1, 0.15) is 0 Å². The fourth-order valence-corrected chi connectivity index (χ4v) is 13.3. The highest BCUT2D eigenvalue weighted by Crippen LogP contribution is 2.55. The van der Waals surface area contributed by atoms with Crippen LogP contribution in [0, 0.1) is 0 Å². The fourth-order valence-electron chi connectivity index (χ4n) is 13.3. The van der Waals surface area contributed by atoms with Crippen molar-refractivity contribution < 1.29 is 0 Å². The minimum absolute atomic E-state index is 0.151. The van der Waals surface area contributed by atoms with Crippen LogP contribution in [-0.2, 0) is 16.2 Å². The van der Waals surface area contributed by atoms with Crippen molar-refractivity contribution >= 4 is 0 Å². The van der Waals surface area contributed by atoms with Crippen LogP contribution in [-0.4, -0.2) is 0 Å². The van der Waals surface area contributed by atoms with E-state index in [1.54, 1.807) is 0 Å². The molecule has 0 amide bonds. The second kappa shape index (κ2) is 16.7. The molecule has 0 atom stereocenters. The smallest absolute Gasteiger partial charge is 0.0159 e. The molecule has 0 radical (unpaired) electrons. The number of hydrogen-bond donors (Lipinski definition) is 0. The van der Waals surface area contributed by atoms with Gasteiger partial charge < -0.3 is 0 Å². The van der Waals surface area contributed by atoms with Gasteiger partial charge >= 0.3 is 0 Å². The molecule has 0 N–H and O–H groups in total. The van der Waals surface area contributed by atoms with E-state index in [-0.39, 0.29) is 16.2 Å². The van der Waals surface area contributed by atoms with E-state index < -0.39 is 0 Å². The monoisotopic (exact) mass is 958 g/mol. The molecule has 0 aliphatic heterocycles. The summed E-state index contributed by atoms with van der Waals surface area (Å²) in [6.45, 7) is 14.5. The third-order valence-corrected chi connectivity index (χ3v) is 17.5. The van der Waals surface area contributed by atoms with Gasteiger partial charge in [-0.2, -0.15) is 0 Å². The SMILES string of the molecule is CC1(C)c2cc(-c3cc(-c4ccccc4)cc(-c4ccccc4)c3)ccc2-c2ccc(-c3ccc4c(c3)C(C)(C)c3cc(-c5ccc6c(c5)C(C)(C)c5cc(-c7ccccc7-c7ccccc7)ccc5-6)ccc3-4)cc21. The second-order valence-corrected chi connectivity index (χ2v) is 22.9. The molecule has 0 bridgehead atoms. The van der Waals surface area contributed by atoms with Crippen LogP contribution in [0.2, 0.25) is 0 Å². The summed E-state index contributed by atoms with van der Waals surface area (Å²) in [5, 5.41) is 0. The van der Waals surface area contributed by atoms with E-state index in [0.717, 1.165) is 0 Å². The maximum Gasteiger partial charge on any atom is 0.0159 e. The predicted molar refractivity (Wildman–Crippen MR) is 317 cm³/mol. The van der Waals surface area contributed by atoms with Crippen LogP contribution in [0.1, 0.15) is 74.9 Å². The molecule has 75 heavy (non-hydrogen) atoms. The van der Waals surface area contributed by atoms with Crippen LogP contribution in [0.4, 0.5) is 0 Å². The first kappa shape index (κ1) is 45.1. The molecule has 0 heteroatoms. The van der Waals surface area contributed by atoms with Gasteiger partial charge in [-0.15, -0.1) is 0 Å². The summed E-state index contributed by atoms with van der Waals surface area (Å²) in [5.74, 6) is 0. The summed E-state index contributed by atoms with van der Waals surface area (Å²) in [5.41, 5.74) is 33.4. The van der Waals surface area contributed by atoms with E-state index in [0.29, 0.717) is 0 Å². The van der Waals surface area contributed by atoms with Gasteiger partial charge in [0, 0.05) is 16.2 Å². The van der Waals surface area contributed by atoms with Crippen LogP contribution < -0.4 is 0 Å². The molecule has 0 saturated carbocycles. The van der Waals surface area contributed by atoms with Crippen LogP contribution in [0.5, 0.6) is 0 Å². The highest BCUT2D eigenvalue weighted by atomic mass is 14.4. The Labute approximate surface area is 442 Å². The number of fused-ring (bicyclic) bond motifs is 9. The molecular formula is C75H58. The van der Waals surface area contributed by atoms with E-state index in [4.69, 9.17) is 0 Å². The molecule has 0 heterocycles. The number of rotatable bonds is 7. The Hall–Kier alpha value is -8.58. The highest BCUT2D eigenvalue weighted by Gasteiger charge is 2.39. The first-order valence-electron chi connectivity index (χ1n) is 26.7. The Morgan fingerprint density at radius 1 is 0.160 bits per heavy atom. The minimum Gasteiger partial charge on any atom is -0.0622 e. The lowest BCUT2D eigenvalue weighted by Gasteiger charge is -2.24. The van der Waals surface area contributed by atoms with Crippen molar-refractivity contribution in [3.63, 3.8) is 0 Å². The summed E-state index contributed by atoms with van der Waals surface area (Å²) in [7, 11) is 0. The molecule has 0 fully saturated rings. The second-order valence-electron chi connectivity index (χ2n) is 22.9. The summed E-state index contributed by atoms with van der Waals surface area (Å²) in [6, 6.07) is 91.3. The summed E-state index contributed by atoms with van der Waals surface area (Å²) in [4.78, 5) is 0. The molecule has 3 aliphatic rings. The predicted octanol–water partition coefficient (Wildman–Crippen LogP) is 20.3. The van der Waals surface area contributed by atoms with Crippen molar-refractivity contribution in [2.45, 2.75) is 57.8 Å². The molecule has 0 unspecified atom stereocenters. The summed E-state index contributed by atoms with van der Waals surface area (Å²) in [6.07, 6.45) is 0. The van der Waals surface area contributed by atoms with Crippen LogP contribution in [0.15, 0.2) is 243 Å². The van der Waals surface area contributed by atoms with Gasteiger partial charge in [-0.25, -0.2) is 0 Å². The molecular weight excluding hydrogens is 901 g/mol. The zero-order valence-electron chi connectivity index (χ0n) is 43.6. The maximum absolute atomic E-state index is 2.48. The van der Waals surface area contributed by atoms with Gasteiger partial charge in [0.15, 0.2) is 0 Å². The van der Waals surface area contributed by atoms with Crippen molar-refractivity contribution in [1.29, 1.82) is 0 Å². The molecule has 11 aromatic rings. The minimum atomic E-state index is -0.175. The van der Waals surface area contributed by atoms with Crippen molar-refractivity contribution in [2.75, 3.05) is 0 Å². The molecule has 0 aromatic heterocycles. The van der Waals surface area contributed by atoms with Crippen LogP contribution >= 0.6 is 0 Å². The van der Waals surface area contributed by atoms with E-state index in [1.165, 1.54) is 145 Å². The fraction of sp³-hybridized carbons (Fsp3) is 0.120. The molecule has 0 nitrogen and oxygen atoms in total. The van der Waals surface area contributed by atoms with E-state index in [1.807, 2.05) is 0 Å². The number of hydrogen-bond acceptors (Lipinski definition) is 0. The van der Waals surface area contributed by atoms with Gasteiger partial charge in [0.2, 0.25) is 0 Å². The average molecular weight is 959 g/mol. The van der Waals surface area contributed by atoms with Crippen molar-refractivity contribution in [2.24, 2.45) is 0 Å². The first-order chi connectivity index (χ1) is 36.4. The summed E-state index contributed by atoms with van der Waals surface area (Å²) >= 11 is 0. The van der Waals surface area contributed by atoms with E-state index in [2.05, 4.69) is 284 Å². The summed E-state index contributed by atoms with van der Waals surface area (Å²) < 4.78 is 0. The molecule has 14 rings (SSSR count). The lowest BCUT2D eigenvalue weighted by molar-refractivity contribution is 0.659. The Bertz CT molecular complexity index is 4050. The third-order valence-electron chi connectivity index (χ3n) is 17.5. The average Bonchev–Trinajstić information content (AvgIpc) is 3.93. The van der Waals surface area contributed by atoms with Crippen LogP contribution in [0.25, 0.3) is 111 Å². The number of benzene rings is 11. The van der Waals surface area contributed by atoms with Gasteiger partial charge in [-0.05, 0) is 199 Å². The van der Waals surface area contributed by atoms with Gasteiger partial charge in [-0.1, -0.05) is 230 Å². The third kappa shape index (κ3) is 7.11. The quantitative estimate of drug-likeness (QED) is 0.149. The van der Waals surface area contributed by atoms with Gasteiger partial charge in [-0.3, -0.25) is 0 Å². The Kier molecular flexibility index (Phi) is 10.0. The van der Waals surface area contributed by atoms with Gasteiger partial charge in [0.25, 0.3) is 0 Å². The zero-order chi connectivity index (χ0) is 50.8. The lowest BCUT2D eigenvalue weighted by atomic mass is 9.79. The Morgan fingerprint density at radius 2 is 0.387 bits per heavy atom. The maximum atomic E-state index is 2.48. The Morgan fingerprint density at radius 3 is 0.707 bits per heavy atom. The Balaban J connectivity index is 0.757. The highest BCUT2D eigenvalue weighted by molar-refractivity contribution is 5.92. The molecule has 3 aliphatic carbocycles. The van der Waals surface area contributed by atoms with Crippen molar-refractivity contribution in [3.05, 3.63) is 276 Å². The van der Waals surface area contributed by atoms with E-state index >= 15 is 0 Å².